The Labute approximate surface area is 290 Å². The van der Waals surface area contributed by atoms with Crippen LogP contribution in [0.1, 0.15) is 113 Å². The Morgan fingerprint density at radius 3 is 2.59 bits per heavy atom. The number of hydrogen-bond acceptors (Lipinski definition) is 8. The molecule has 0 saturated heterocycles. The van der Waals surface area contributed by atoms with Gasteiger partial charge in [-0.05, 0) is 78.8 Å². The first kappa shape index (κ1) is 35.5. The predicted octanol–water partition coefficient (Wildman–Crippen LogP) is 4.64. The van der Waals surface area contributed by atoms with E-state index in [-0.39, 0.29) is 36.2 Å². The number of phenols is 1. The topological polar surface area (TPSA) is 156 Å². The Morgan fingerprint density at radius 2 is 1.82 bits per heavy atom. The molecule has 2 saturated carbocycles. The molecule has 0 radical (unpaired) electrons. The number of nitrogens with zero attached hydrogens (tertiary/aromatic N) is 1. The zero-order chi connectivity index (χ0) is 34.4. The summed E-state index contributed by atoms with van der Waals surface area (Å²) in [5.74, 6) is 1.09. The number of aliphatic hydroxyl groups excluding tert-OH is 2. The zero-order valence-electron chi connectivity index (χ0n) is 28.8. The molecular formula is C40H55N4O5+. The van der Waals surface area contributed by atoms with E-state index < -0.39 is 18.4 Å². The number of carbonyl (C=O) groups is 1. The lowest BCUT2D eigenvalue weighted by Crippen LogP contribution is -3.07. The van der Waals surface area contributed by atoms with Crippen molar-refractivity contribution in [1.29, 1.82) is 0 Å². The van der Waals surface area contributed by atoms with Crippen LogP contribution in [0.15, 0.2) is 70.5 Å². The van der Waals surface area contributed by atoms with Crippen molar-refractivity contribution in [1.82, 2.24) is 0 Å². The highest BCUT2D eigenvalue weighted by atomic mass is 16.5. The standard InChI is InChI=1S/C40H54N4O5/c41-39(42)29-9-6-10-30(20-29)40(17-4-5-18-40)35-23-43-36-25-44(24-34(35)36)26-49-38-19-28(13-16-37(38)48)12-15-32(46)22-33(47)21-31(45)14-11-27-7-2-1-3-8-27/h6,9-10,13,16,19-20,23,25,27,31,33,39,45,47-48H,1-5,7-8,11-12,14-15,17-18,21-22,24,26,41-42H2/p+1/t31-,33-/m1/s1. The van der Waals surface area contributed by atoms with Crippen LogP contribution in [0.4, 0.5) is 0 Å². The highest BCUT2D eigenvalue weighted by molar-refractivity contribution is 5.90. The molecule has 2 aromatic rings. The van der Waals surface area contributed by atoms with Crippen molar-refractivity contribution >= 4 is 12.0 Å². The van der Waals surface area contributed by atoms with E-state index in [1.54, 1.807) is 18.2 Å². The molecule has 2 fully saturated rings. The predicted molar refractivity (Wildman–Crippen MR) is 191 cm³/mol. The van der Waals surface area contributed by atoms with Crippen LogP contribution in [0, 0.1) is 5.92 Å². The molecule has 2 heterocycles. The van der Waals surface area contributed by atoms with Gasteiger partial charge in [0.1, 0.15) is 24.2 Å². The smallest absolute Gasteiger partial charge is 0.227 e. The number of ether oxygens (including phenoxy) is 1. The number of allylic oxidation sites excluding steroid dienone is 1. The molecule has 1 unspecified atom stereocenters. The molecule has 0 bridgehead atoms. The summed E-state index contributed by atoms with van der Waals surface area (Å²) >= 11 is 0. The van der Waals surface area contributed by atoms with Crippen molar-refractivity contribution in [2.75, 3.05) is 13.3 Å². The summed E-state index contributed by atoms with van der Waals surface area (Å²) in [5, 5.41) is 31.4. The fourth-order valence-electron chi connectivity index (χ4n) is 8.52. The van der Waals surface area contributed by atoms with E-state index in [1.165, 1.54) is 48.8 Å². The molecule has 4 aliphatic rings. The van der Waals surface area contributed by atoms with E-state index in [1.807, 2.05) is 6.07 Å². The minimum atomic E-state index is -0.831. The van der Waals surface area contributed by atoms with Crippen LogP contribution in [0.3, 0.4) is 0 Å². The number of phenolic OH excluding ortho intramolecular Hbond substituents is 1. The molecular weight excluding hydrogens is 616 g/mol. The van der Waals surface area contributed by atoms with Gasteiger partial charge in [-0.3, -0.25) is 14.7 Å². The average molecular weight is 672 g/mol. The fraction of sp³-hybridized carbons (Fsp3) is 0.550. The number of hydrogen-bond donors (Lipinski definition) is 6. The van der Waals surface area contributed by atoms with Crippen LogP contribution in [0.2, 0.25) is 0 Å². The maximum absolute atomic E-state index is 12.7. The monoisotopic (exact) mass is 671 g/mol. The number of ketones is 1. The minimum absolute atomic E-state index is 0.0375. The van der Waals surface area contributed by atoms with E-state index in [9.17, 15) is 20.1 Å². The van der Waals surface area contributed by atoms with E-state index in [0.717, 1.165) is 60.4 Å². The van der Waals surface area contributed by atoms with Gasteiger partial charge < -0.3 is 31.5 Å². The largest absolute Gasteiger partial charge is 0.504 e. The van der Waals surface area contributed by atoms with Crippen molar-refractivity contribution in [2.45, 2.75) is 120 Å². The second-order valence-corrected chi connectivity index (χ2v) is 14.9. The summed E-state index contributed by atoms with van der Waals surface area (Å²) in [4.78, 5) is 18.6. The van der Waals surface area contributed by atoms with Crippen LogP contribution in [0.25, 0.3) is 0 Å². The maximum atomic E-state index is 12.7. The number of quaternary nitrogens is 1. The van der Waals surface area contributed by atoms with Gasteiger partial charge in [0.05, 0.1) is 18.4 Å². The first-order chi connectivity index (χ1) is 23.7. The summed E-state index contributed by atoms with van der Waals surface area (Å²) in [6.07, 6.45) is 15.8. The second-order valence-electron chi connectivity index (χ2n) is 14.9. The van der Waals surface area contributed by atoms with Gasteiger partial charge in [-0.25, -0.2) is 0 Å². The van der Waals surface area contributed by atoms with Crippen molar-refractivity contribution in [3.8, 4) is 11.5 Å². The Hall–Kier alpha value is -3.34. The average Bonchev–Trinajstić information content (AvgIpc) is 3.84. The van der Waals surface area contributed by atoms with Gasteiger partial charge in [-0.2, -0.15) is 0 Å². The number of aliphatic hydroxyl groups is 2. The van der Waals surface area contributed by atoms with Gasteiger partial charge in [0.2, 0.25) is 6.73 Å². The normalized spacial score (nSPS) is 21.7. The molecule has 0 amide bonds. The number of aliphatic imine (C=N–C) groups is 1. The second kappa shape index (κ2) is 16.1. The quantitative estimate of drug-likeness (QED) is 0.142. The Balaban J connectivity index is 1.00. The molecule has 3 atom stereocenters. The van der Waals surface area contributed by atoms with Crippen molar-refractivity contribution in [3.63, 3.8) is 0 Å². The van der Waals surface area contributed by atoms with Crippen molar-refractivity contribution < 1.29 is 29.8 Å². The summed E-state index contributed by atoms with van der Waals surface area (Å²) in [6, 6.07) is 13.6. The van der Waals surface area contributed by atoms with Gasteiger partial charge in [0.15, 0.2) is 11.5 Å². The zero-order valence-corrected chi connectivity index (χ0v) is 28.8. The maximum Gasteiger partial charge on any atom is 0.227 e. The lowest BCUT2D eigenvalue weighted by Gasteiger charge is -2.32. The third-order valence-corrected chi connectivity index (χ3v) is 11.3. The Bertz CT molecular complexity index is 1550. The SMILES string of the molecule is NC(N)c1cccc(C2(C3=C4C[NH+](COc5cc(CCC(=O)C[C@H](O)C[C@H](O)CCC6CCCCC6)ccc5O)C=C4N=C3)CCCC2)c1. The van der Waals surface area contributed by atoms with Gasteiger partial charge in [-0.15, -0.1) is 0 Å². The van der Waals surface area contributed by atoms with E-state index in [2.05, 4.69) is 30.6 Å². The van der Waals surface area contributed by atoms with Crippen LogP contribution < -0.4 is 21.1 Å². The Morgan fingerprint density at radius 1 is 1.02 bits per heavy atom. The van der Waals surface area contributed by atoms with Crippen LogP contribution in [0.5, 0.6) is 11.5 Å². The molecule has 0 spiro atoms. The van der Waals surface area contributed by atoms with E-state index in [4.69, 9.17) is 21.2 Å². The summed E-state index contributed by atoms with van der Waals surface area (Å²) in [7, 11) is 0. The molecule has 2 aromatic carbocycles. The molecule has 49 heavy (non-hydrogen) atoms. The first-order valence-electron chi connectivity index (χ1n) is 18.5. The van der Waals surface area contributed by atoms with Gasteiger partial charge in [-0.1, -0.05) is 75.3 Å². The number of nitrogens with two attached hydrogens (primary N) is 2. The molecule has 0 aromatic heterocycles. The third kappa shape index (κ3) is 8.70. The summed E-state index contributed by atoms with van der Waals surface area (Å²) < 4.78 is 6.13. The lowest BCUT2D eigenvalue weighted by molar-refractivity contribution is -0.855. The van der Waals surface area contributed by atoms with Crippen LogP contribution >= 0.6 is 0 Å². The number of aryl methyl sites for hydroxylation is 1. The highest BCUT2D eigenvalue weighted by Gasteiger charge is 2.44. The summed E-state index contributed by atoms with van der Waals surface area (Å²) in [5.41, 5.74) is 18.5. The number of nitrogens with one attached hydrogen (secondary N) is 1. The molecule has 2 aliphatic carbocycles. The number of aromatic hydroxyl groups is 1. The Kier molecular flexibility index (Phi) is 11.7. The molecule has 6 rings (SSSR count). The number of carbonyl (C=O) groups excluding carboxylic acids is 1. The van der Waals surface area contributed by atoms with Crippen molar-refractivity contribution in [2.24, 2.45) is 22.4 Å². The fourth-order valence-corrected chi connectivity index (χ4v) is 8.52. The van der Waals surface area contributed by atoms with E-state index in [0.29, 0.717) is 31.2 Å². The third-order valence-electron chi connectivity index (χ3n) is 11.3. The lowest BCUT2D eigenvalue weighted by atomic mass is 9.71. The summed E-state index contributed by atoms with van der Waals surface area (Å²) in [6.45, 7) is 1.07. The number of Topliss-reactive ketones (excluding diaryl/α,β-unsaturated/α-hetero) is 1. The van der Waals surface area contributed by atoms with Crippen LogP contribution in [-0.2, 0) is 16.6 Å². The van der Waals surface area contributed by atoms with Gasteiger partial charge in [0.25, 0.3) is 0 Å². The number of rotatable bonds is 16. The number of fused-ring (bicyclic) bond motifs is 1. The molecule has 9 heteroatoms. The van der Waals surface area contributed by atoms with Crippen molar-refractivity contribution in [3.05, 3.63) is 82.2 Å². The van der Waals surface area contributed by atoms with Crippen LogP contribution in [-0.4, -0.2) is 52.8 Å². The minimum Gasteiger partial charge on any atom is -0.504 e. The van der Waals surface area contributed by atoms with E-state index >= 15 is 0 Å². The molecule has 9 nitrogen and oxygen atoms in total. The van der Waals surface area contributed by atoms with Gasteiger partial charge in [0, 0.05) is 30.0 Å². The number of benzene rings is 2. The molecule has 8 N–H and O–H groups in total. The highest BCUT2D eigenvalue weighted by Crippen LogP contribution is 2.49. The first-order valence-corrected chi connectivity index (χ1v) is 18.5. The molecule has 264 valence electrons. The van der Waals surface area contributed by atoms with Gasteiger partial charge >= 0.3 is 0 Å². The molecule has 2 aliphatic heterocycles.